The van der Waals surface area contributed by atoms with Crippen LogP contribution < -0.4 is 10.5 Å². The van der Waals surface area contributed by atoms with Crippen LogP contribution in [0.15, 0.2) is 47.5 Å². The summed E-state index contributed by atoms with van der Waals surface area (Å²) in [6.07, 6.45) is 1.43. The van der Waals surface area contributed by atoms with Crippen molar-refractivity contribution in [3.63, 3.8) is 0 Å². The molecule has 1 aromatic carbocycles. The summed E-state index contributed by atoms with van der Waals surface area (Å²) in [5, 5.41) is 0. The highest BCUT2D eigenvalue weighted by Gasteiger charge is 2.14. The summed E-state index contributed by atoms with van der Waals surface area (Å²) in [4.78, 5) is 3.86. The Hall–Kier alpha value is -2.43. The summed E-state index contributed by atoms with van der Waals surface area (Å²) in [5.74, 6) is 5.06. The number of halogens is 1. The topological polar surface area (TPSA) is 85.1 Å². The van der Waals surface area contributed by atoms with Crippen molar-refractivity contribution in [2.75, 3.05) is 11.3 Å². The number of benzene rings is 1. The van der Waals surface area contributed by atoms with Gasteiger partial charge in [-0.2, -0.15) is 0 Å². The fraction of sp³-hybridized carbons (Fsp3) is 0.0714. The molecular formula is C14H12FN3O2S. The van der Waals surface area contributed by atoms with Gasteiger partial charge in [-0.05, 0) is 36.4 Å². The maximum atomic E-state index is 12.8. The molecule has 0 unspecified atom stereocenters. The van der Waals surface area contributed by atoms with E-state index in [1.54, 1.807) is 6.07 Å². The Morgan fingerprint density at radius 1 is 1.24 bits per heavy atom. The first-order valence-electron chi connectivity index (χ1n) is 5.94. The van der Waals surface area contributed by atoms with Crippen molar-refractivity contribution in [1.82, 2.24) is 4.98 Å². The van der Waals surface area contributed by atoms with E-state index in [0.29, 0.717) is 5.56 Å². The Labute approximate surface area is 122 Å². The van der Waals surface area contributed by atoms with Crippen LogP contribution in [0.4, 0.5) is 10.2 Å². The average molecular weight is 305 g/mol. The number of nitrogens with two attached hydrogens (primary N) is 1. The predicted molar refractivity (Wildman–Crippen MR) is 77.4 cm³/mol. The summed E-state index contributed by atoms with van der Waals surface area (Å²) in [6, 6.07) is 7.63. The van der Waals surface area contributed by atoms with E-state index < -0.39 is 15.8 Å². The van der Waals surface area contributed by atoms with Crippen molar-refractivity contribution in [3.8, 4) is 11.8 Å². The molecule has 0 amide bonds. The van der Waals surface area contributed by atoms with Crippen molar-refractivity contribution in [3.05, 3.63) is 54.0 Å². The molecule has 5 nitrogen and oxygen atoms in total. The van der Waals surface area contributed by atoms with Gasteiger partial charge in [-0.15, -0.1) is 0 Å². The first kappa shape index (κ1) is 15.0. The largest absolute Gasteiger partial charge is 0.320 e. The van der Waals surface area contributed by atoms with Gasteiger partial charge in [0.2, 0.25) is 0 Å². The summed E-state index contributed by atoms with van der Waals surface area (Å²) in [5.41, 5.74) is 5.86. The second-order valence-electron chi connectivity index (χ2n) is 4.00. The molecule has 0 spiro atoms. The van der Waals surface area contributed by atoms with E-state index in [1.807, 2.05) is 0 Å². The molecule has 0 saturated heterocycles. The number of nitrogens with zero attached hydrogens (tertiary/aromatic N) is 1. The monoisotopic (exact) mass is 305 g/mol. The van der Waals surface area contributed by atoms with E-state index >= 15 is 0 Å². The molecule has 1 heterocycles. The van der Waals surface area contributed by atoms with Crippen molar-refractivity contribution < 1.29 is 12.8 Å². The first-order chi connectivity index (χ1) is 10.0. The summed E-state index contributed by atoms with van der Waals surface area (Å²) >= 11 is 0. The van der Waals surface area contributed by atoms with Crippen LogP contribution in [0.3, 0.4) is 0 Å². The van der Waals surface area contributed by atoms with E-state index in [-0.39, 0.29) is 17.3 Å². The van der Waals surface area contributed by atoms with Gasteiger partial charge in [-0.1, -0.05) is 11.8 Å². The van der Waals surface area contributed by atoms with Gasteiger partial charge < -0.3 is 5.73 Å². The number of hydrogen-bond acceptors (Lipinski definition) is 4. The van der Waals surface area contributed by atoms with Crippen LogP contribution in [-0.2, 0) is 10.0 Å². The van der Waals surface area contributed by atoms with Crippen LogP contribution in [0.2, 0.25) is 0 Å². The SMILES string of the molecule is NCC#Cc1ccnc(NS(=O)(=O)c2ccc(F)cc2)c1. The quantitative estimate of drug-likeness (QED) is 0.838. The number of nitrogens with one attached hydrogen (secondary N) is 1. The fourth-order valence-corrected chi connectivity index (χ4v) is 2.53. The number of aromatic nitrogens is 1. The zero-order chi connectivity index (χ0) is 15.3. The molecule has 7 heteroatoms. The van der Waals surface area contributed by atoms with Crippen molar-refractivity contribution in [2.45, 2.75) is 4.90 Å². The maximum absolute atomic E-state index is 12.8. The van der Waals surface area contributed by atoms with E-state index in [2.05, 4.69) is 21.5 Å². The van der Waals surface area contributed by atoms with E-state index in [4.69, 9.17) is 5.73 Å². The molecule has 0 bridgehead atoms. The molecule has 2 aromatic rings. The van der Waals surface area contributed by atoms with Crippen LogP contribution in [0.25, 0.3) is 0 Å². The molecule has 2 rings (SSSR count). The lowest BCUT2D eigenvalue weighted by Gasteiger charge is -2.07. The second-order valence-corrected chi connectivity index (χ2v) is 5.68. The third-order valence-electron chi connectivity index (χ3n) is 2.46. The normalized spacial score (nSPS) is 10.6. The van der Waals surface area contributed by atoms with Gasteiger partial charge in [-0.25, -0.2) is 17.8 Å². The minimum Gasteiger partial charge on any atom is -0.320 e. The molecule has 0 aliphatic carbocycles. The molecular weight excluding hydrogens is 293 g/mol. The minimum atomic E-state index is -3.82. The third-order valence-corrected chi connectivity index (χ3v) is 3.83. The smallest absolute Gasteiger partial charge is 0.263 e. The molecule has 0 atom stereocenters. The van der Waals surface area contributed by atoms with Gasteiger partial charge in [-0.3, -0.25) is 4.72 Å². The number of pyridine rings is 1. The highest BCUT2D eigenvalue weighted by Crippen LogP contribution is 2.15. The maximum Gasteiger partial charge on any atom is 0.263 e. The number of anilines is 1. The minimum absolute atomic E-state index is 0.0517. The van der Waals surface area contributed by atoms with E-state index in [9.17, 15) is 12.8 Å². The summed E-state index contributed by atoms with van der Waals surface area (Å²) < 4.78 is 39.3. The van der Waals surface area contributed by atoms with Crippen LogP contribution in [0.5, 0.6) is 0 Å². The Bertz CT molecular complexity index is 793. The van der Waals surface area contributed by atoms with E-state index in [1.165, 1.54) is 24.4 Å². The first-order valence-corrected chi connectivity index (χ1v) is 7.43. The standard InChI is InChI=1S/C14H12FN3O2S/c15-12-3-5-13(6-4-12)21(19,20)18-14-10-11(2-1-8-16)7-9-17-14/h3-7,9-10H,8,16H2,(H,17,18). The van der Waals surface area contributed by atoms with Crippen LogP contribution in [-0.4, -0.2) is 19.9 Å². The molecule has 1 aromatic heterocycles. The Balaban J connectivity index is 2.26. The van der Waals surface area contributed by atoms with Gasteiger partial charge in [0, 0.05) is 11.8 Å². The van der Waals surface area contributed by atoms with E-state index in [0.717, 1.165) is 12.1 Å². The van der Waals surface area contributed by atoms with Crippen molar-refractivity contribution in [2.24, 2.45) is 5.73 Å². The van der Waals surface area contributed by atoms with Crippen LogP contribution in [0.1, 0.15) is 5.56 Å². The lowest BCUT2D eigenvalue weighted by atomic mass is 10.2. The lowest BCUT2D eigenvalue weighted by molar-refractivity contribution is 0.599. The molecule has 0 radical (unpaired) electrons. The highest BCUT2D eigenvalue weighted by atomic mass is 32.2. The van der Waals surface area contributed by atoms with Crippen LogP contribution in [0, 0.1) is 17.7 Å². The van der Waals surface area contributed by atoms with Crippen molar-refractivity contribution in [1.29, 1.82) is 0 Å². The van der Waals surface area contributed by atoms with Crippen molar-refractivity contribution >= 4 is 15.8 Å². The van der Waals surface area contributed by atoms with Gasteiger partial charge in [0.15, 0.2) is 0 Å². The average Bonchev–Trinajstić information content (AvgIpc) is 2.45. The van der Waals surface area contributed by atoms with Crippen LogP contribution >= 0.6 is 0 Å². The zero-order valence-electron chi connectivity index (χ0n) is 10.9. The van der Waals surface area contributed by atoms with Gasteiger partial charge in [0.05, 0.1) is 11.4 Å². The highest BCUT2D eigenvalue weighted by molar-refractivity contribution is 7.92. The molecule has 0 fully saturated rings. The second kappa shape index (κ2) is 6.35. The lowest BCUT2D eigenvalue weighted by Crippen LogP contribution is -2.14. The van der Waals surface area contributed by atoms with Gasteiger partial charge in [0.25, 0.3) is 10.0 Å². The Morgan fingerprint density at radius 3 is 2.62 bits per heavy atom. The summed E-state index contributed by atoms with van der Waals surface area (Å²) in [7, 11) is -3.82. The Kier molecular flexibility index (Phi) is 4.52. The fourth-order valence-electron chi connectivity index (χ4n) is 1.53. The van der Waals surface area contributed by atoms with Gasteiger partial charge >= 0.3 is 0 Å². The number of hydrogen-bond donors (Lipinski definition) is 2. The summed E-state index contributed by atoms with van der Waals surface area (Å²) in [6.45, 7) is 0.207. The molecule has 0 saturated carbocycles. The van der Waals surface area contributed by atoms with Gasteiger partial charge in [0.1, 0.15) is 11.6 Å². The molecule has 0 aliphatic rings. The molecule has 0 aliphatic heterocycles. The Morgan fingerprint density at radius 2 is 1.95 bits per heavy atom. The third kappa shape index (κ3) is 4.02. The molecule has 3 N–H and O–H groups in total. The molecule has 108 valence electrons. The number of rotatable bonds is 3. The molecule has 21 heavy (non-hydrogen) atoms. The number of sulfonamides is 1. The zero-order valence-corrected chi connectivity index (χ0v) is 11.7. The predicted octanol–water partition coefficient (Wildman–Crippen LogP) is 1.33.